The normalized spacial score (nSPS) is 11.3. The maximum absolute atomic E-state index is 15.0. The Labute approximate surface area is 335 Å². The molecule has 2 heterocycles. The molecule has 0 aliphatic heterocycles. The largest absolute Gasteiger partial charge is 0.417 e. The van der Waals surface area contributed by atoms with Gasteiger partial charge in [-0.15, -0.1) is 0 Å². The minimum atomic E-state index is -4.70. The Bertz CT molecular complexity index is 3370. The first kappa shape index (κ1) is 36.0. The molecule has 0 aliphatic carbocycles. The van der Waals surface area contributed by atoms with Crippen molar-refractivity contribution in [3.63, 3.8) is 0 Å². The highest BCUT2D eigenvalue weighted by molar-refractivity contribution is 6.12. The van der Waals surface area contributed by atoms with Crippen LogP contribution < -0.4 is 0 Å². The zero-order chi connectivity index (χ0) is 41.2. The molecule has 0 saturated heterocycles. The van der Waals surface area contributed by atoms with Crippen molar-refractivity contribution in [1.29, 1.82) is 15.8 Å². The van der Waals surface area contributed by atoms with Gasteiger partial charge < -0.3 is 9.13 Å². The Kier molecular flexibility index (Phi) is 8.27. The van der Waals surface area contributed by atoms with Gasteiger partial charge in [0, 0.05) is 22.0 Å². The van der Waals surface area contributed by atoms with Crippen molar-refractivity contribution in [3.8, 4) is 51.8 Å². The Balaban J connectivity index is 1.44. The summed E-state index contributed by atoms with van der Waals surface area (Å²) in [5.41, 5.74) is 6.54. The van der Waals surface area contributed by atoms with Crippen molar-refractivity contribution >= 4 is 55.0 Å². The summed E-state index contributed by atoms with van der Waals surface area (Å²) in [5, 5.41) is 32.8. The van der Waals surface area contributed by atoms with Gasteiger partial charge in [-0.25, -0.2) is 9.69 Å². The van der Waals surface area contributed by atoms with E-state index in [-0.39, 0.29) is 16.7 Å². The van der Waals surface area contributed by atoms with E-state index in [1.165, 1.54) is 6.07 Å². The summed E-state index contributed by atoms with van der Waals surface area (Å²) >= 11 is 0. The third-order valence-corrected chi connectivity index (χ3v) is 10.8. The lowest BCUT2D eigenvalue weighted by atomic mass is 9.87. The molecule has 10 heteroatoms. The second-order valence-electron chi connectivity index (χ2n) is 14.1. The molecule has 0 aliphatic rings. The summed E-state index contributed by atoms with van der Waals surface area (Å²) in [5.74, 6) is 0. The van der Waals surface area contributed by atoms with Gasteiger partial charge in [-0.1, -0.05) is 30.3 Å². The number of aryl methyl sites for hydroxylation is 1. The summed E-state index contributed by atoms with van der Waals surface area (Å²) in [4.78, 5) is 7.26. The average Bonchev–Trinajstić information content (AvgIpc) is 3.76. The number of nitrogens with zero attached hydrogens (tertiary/aromatic N) is 7. The molecule has 0 N–H and O–H groups in total. The molecule has 0 spiro atoms. The molecule has 0 unspecified atom stereocenters. The van der Waals surface area contributed by atoms with Gasteiger partial charge in [-0.3, -0.25) is 0 Å². The fourth-order valence-electron chi connectivity index (χ4n) is 8.23. The zero-order valence-corrected chi connectivity index (χ0v) is 30.9. The third-order valence-electron chi connectivity index (χ3n) is 10.8. The predicted octanol–water partition coefficient (Wildman–Crippen LogP) is 13.3. The maximum atomic E-state index is 15.0. The molecule has 276 valence electrons. The predicted molar refractivity (Wildman–Crippen MR) is 222 cm³/mol. The van der Waals surface area contributed by atoms with Crippen LogP contribution in [0, 0.1) is 54.1 Å². The Morgan fingerprint density at radius 2 is 1.03 bits per heavy atom. The number of alkyl halides is 3. The number of benzene rings is 7. The van der Waals surface area contributed by atoms with E-state index in [9.17, 15) is 29.0 Å². The maximum Gasteiger partial charge on any atom is 0.417 e. The number of halogens is 3. The molecule has 9 rings (SSSR count). The minimum absolute atomic E-state index is 0.0139. The van der Waals surface area contributed by atoms with Crippen molar-refractivity contribution in [3.05, 3.63) is 178 Å². The van der Waals surface area contributed by atoms with Crippen molar-refractivity contribution in [1.82, 2.24) is 9.13 Å². The first-order valence-electron chi connectivity index (χ1n) is 18.1. The van der Waals surface area contributed by atoms with E-state index in [1.807, 2.05) is 33.4 Å². The molecule has 0 bridgehead atoms. The van der Waals surface area contributed by atoms with Gasteiger partial charge in [0.25, 0.3) is 0 Å². The van der Waals surface area contributed by atoms with Gasteiger partial charge in [-0.2, -0.15) is 29.0 Å². The van der Waals surface area contributed by atoms with Crippen molar-refractivity contribution < 1.29 is 13.2 Å². The summed E-state index contributed by atoms with van der Waals surface area (Å²) in [6.45, 7) is 17.0. The number of rotatable bonds is 4. The molecule has 59 heavy (non-hydrogen) atoms. The number of fused-ring (bicyclic) bond motifs is 6. The average molecular weight is 768 g/mol. The fraction of sp³-hybridized carbons (Fsp3) is 0.0408. The van der Waals surface area contributed by atoms with Gasteiger partial charge >= 0.3 is 6.18 Å². The van der Waals surface area contributed by atoms with Crippen LogP contribution in [0.25, 0.3) is 86.9 Å². The van der Waals surface area contributed by atoms with Crippen LogP contribution in [0.15, 0.2) is 127 Å². The highest BCUT2D eigenvalue weighted by Gasteiger charge is 2.35. The Morgan fingerprint density at radius 1 is 0.525 bits per heavy atom. The van der Waals surface area contributed by atoms with Crippen LogP contribution in [0.2, 0.25) is 0 Å². The second kappa shape index (κ2) is 13.5. The van der Waals surface area contributed by atoms with Gasteiger partial charge in [0.05, 0.1) is 81.4 Å². The minimum Gasteiger partial charge on any atom is -0.309 e. The number of nitriles is 3. The van der Waals surface area contributed by atoms with E-state index >= 15 is 0 Å². The molecular formula is C49H24F3N7. The van der Waals surface area contributed by atoms with E-state index in [4.69, 9.17) is 13.1 Å². The van der Waals surface area contributed by atoms with Gasteiger partial charge in [0.1, 0.15) is 0 Å². The molecule has 2 aromatic heterocycles. The standard InChI is InChI=1S/C49H24F3N7/c1-28-5-4-6-42(49(50,51)52)48(28)35-13-12-34(58-43-14-7-30(26-54)20-38(43)40-22-32(56-2)10-17-44(40)58)24-36(35)37-19-29(25-53)8-15-45(37)59-46-16-9-31(27-55)21-39(46)41-23-33(57-3)11-18-47(41)59/h4-24H,1H3. The number of aromatic nitrogens is 2. The Morgan fingerprint density at radius 3 is 1.58 bits per heavy atom. The van der Waals surface area contributed by atoms with Crippen molar-refractivity contribution in [2.24, 2.45) is 0 Å². The molecule has 0 fully saturated rings. The summed E-state index contributed by atoms with van der Waals surface area (Å²) in [6, 6.07) is 42.0. The highest BCUT2D eigenvalue weighted by atomic mass is 19.4. The van der Waals surface area contributed by atoms with Gasteiger partial charge in [0.15, 0.2) is 11.4 Å². The van der Waals surface area contributed by atoms with E-state index in [1.54, 1.807) is 97.9 Å². The van der Waals surface area contributed by atoms with Crippen LogP contribution >= 0.6 is 0 Å². The van der Waals surface area contributed by atoms with E-state index < -0.39 is 11.7 Å². The lowest BCUT2D eigenvalue weighted by Crippen LogP contribution is -2.09. The molecule has 0 saturated carbocycles. The monoisotopic (exact) mass is 767 g/mol. The molecular weight excluding hydrogens is 744 g/mol. The van der Waals surface area contributed by atoms with Crippen LogP contribution in [-0.4, -0.2) is 9.13 Å². The van der Waals surface area contributed by atoms with Crippen molar-refractivity contribution in [2.45, 2.75) is 13.1 Å². The van der Waals surface area contributed by atoms with Crippen LogP contribution in [0.3, 0.4) is 0 Å². The first-order valence-corrected chi connectivity index (χ1v) is 18.1. The van der Waals surface area contributed by atoms with Crippen LogP contribution in [0.1, 0.15) is 27.8 Å². The van der Waals surface area contributed by atoms with E-state index in [0.717, 1.165) is 16.8 Å². The van der Waals surface area contributed by atoms with Gasteiger partial charge in [-0.05, 0) is 137 Å². The fourth-order valence-corrected chi connectivity index (χ4v) is 8.23. The molecule has 7 nitrogen and oxygen atoms in total. The second-order valence-corrected chi connectivity index (χ2v) is 14.1. The summed E-state index contributed by atoms with van der Waals surface area (Å²) < 4.78 is 48.8. The summed E-state index contributed by atoms with van der Waals surface area (Å²) in [7, 11) is 0. The molecule has 7 aromatic carbocycles. The van der Waals surface area contributed by atoms with E-state index in [0.29, 0.717) is 83.4 Å². The smallest absolute Gasteiger partial charge is 0.309 e. The lowest BCUT2D eigenvalue weighted by Gasteiger charge is -2.22. The molecule has 0 amide bonds. The van der Waals surface area contributed by atoms with Crippen LogP contribution in [-0.2, 0) is 6.18 Å². The van der Waals surface area contributed by atoms with Gasteiger partial charge in [0.2, 0.25) is 0 Å². The number of hydrogen-bond donors (Lipinski definition) is 0. The van der Waals surface area contributed by atoms with E-state index in [2.05, 4.69) is 27.9 Å². The third kappa shape index (κ3) is 5.71. The lowest BCUT2D eigenvalue weighted by molar-refractivity contribution is -0.137. The summed E-state index contributed by atoms with van der Waals surface area (Å²) in [6.07, 6.45) is -4.70. The van der Waals surface area contributed by atoms with Crippen molar-refractivity contribution in [2.75, 3.05) is 0 Å². The molecule has 0 atom stereocenters. The Hall–Kier alpha value is -8.62. The van der Waals surface area contributed by atoms with Crippen LogP contribution in [0.4, 0.5) is 24.5 Å². The topological polar surface area (TPSA) is 90.0 Å². The molecule has 9 aromatic rings. The SMILES string of the molecule is [C-]#[N+]c1ccc2c(c1)c1cc(C#N)ccc1n2-c1ccc(-c2c(C)cccc2C(F)(F)F)c(-c2cc(C#N)ccc2-n2c3ccc(C#N)cc3c3cc([N+]#[C-])ccc32)c1. The highest BCUT2D eigenvalue weighted by Crippen LogP contribution is 2.47. The first-order chi connectivity index (χ1) is 28.6. The zero-order valence-electron chi connectivity index (χ0n) is 30.9. The number of hydrogen-bond acceptors (Lipinski definition) is 3. The van der Waals surface area contributed by atoms with Crippen LogP contribution in [0.5, 0.6) is 0 Å². The quantitative estimate of drug-likeness (QED) is 0.167. The molecule has 0 radical (unpaired) electrons.